The smallest absolute Gasteiger partial charge is 0.306 e. The molecule has 1 unspecified atom stereocenters. The SMILES string of the molecule is CC/C=C\C/C=C\C/C=C\C/C=C\CCCCCCCCCCCCCCCCCCCCC(=O)OCC(COC(=O)CCCCCCCCCCC)OC(=O)CCCCCCCCCCCCCCCCCCCCCCC. The van der Waals surface area contributed by atoms with E-state index in [-0.39, 0.29) is 31.1 Å². The Hall–Kier alpha value is -2.63. The molecule has 0 aromatic carbocycles. The Kier molecular flexibility index (Phi) is 65.6. The quantitative estimate of drug-likeness (QED) is 0.0261. The van der Waals surface area contributed by atoms with Gasteiger partial charge in [-0.3, -0.25) is 14.4 Å². The number of esters is 3. The summed E-state index contributed by atoms with van der Waals surface area (Å²) in [6.45, 7) is 6.58. The Morgan fingerprint density at radius 3 is 0.772 bits per heavy atom. The van der Waals surface area contributed by atoms with Gasteiger partial charge in [0.2, 0.25) is 0 Å². The number of unbranched alkanes of at least 4 members (excludes halogenated alkanes) is 46. The van der Waals surface area contributed by atoms with Gasteiger partial charge in [-0.1, -0.05) is 352 Å². The Morgan fingerprint density at radius 1 is 0.266 bits per heavy atom. The van der Waals surface area contributed by atoms with Gasteiger partial charge in [0.05, 0.1) is 0 Å². The molecule has 0 saturated carbocycles. The van der Waals surface area contributed by atoms with Crippen LogP contribution in [-0.4, -0.2) is 37.2 Å². The van der Waals surface area contributed by atoms with Crippen molar-refractivity contribution >= 4 is 17.9 Å². The third kappa shape index (κ3) is 66.1. The van der Waals surface area contributed by atoms with Crippen LogP contribution in [0.3, 0.4) is 0 Å². The third-order valence-corrected chi connectivity index (χ3v) is 15.8. The highest BCUT2D eigenvalue weighted by Gasteiger charge is 2.19. The highest BCUT2D eigenvalue weighted by molar-refractivity contribution is 5.71. The number of rotatable bonds is 65. The van der Waals surface area contributed by atoms with Crippen molar-refractivity contribution in [3.63, 3.8) is 0 Å². The van der Waals surface area contributed by atoms with E-state index >= 15 is 0 Å². The maximum Gasteiger partial charge on any atom is 0.306 e. The summed E-state index contributed by atoms with van der Waals surface area (Å²) in [5.74, 6) is -0.840. The number of hydrogen-bond donors (Lipinski definition) is 0. The normalized spacial score (nSPS) is 12.3. The molecule has 0 radical (unpaired) electrons. The number of hydrogen-bond acceptors (Lipinski definition) is 6. The van der Waals surface area contributed by atoms with E-state index in [1.54, 1.807) is 0 Å². The van der Waals surface area contributed by atoms with E-state index in [1.165, 1.54) is 257 Å². The van der Waals surface area contributed by atoms with Gasteiger partial charge in [-0.2, -0.15) is 0 Å². The number of ether oxygens (including phenoxy) is 3. The summed E-state index contributed by atoms with van der Waals surface area (Å²) < 4.78 is 16.9. The Labute approximate surface area is 492 Å². The fourth-order valence-electron chi connectivity index (χ4n) is 10.6. The van der Waals surface area contributed by atoms with E-state index in [0.717, 1.165) is 83.5 Å². The zero-order chi connectivity index (χ0) is 57.1. The lowest BCUT2D eigenvalue weighted by Crippen LogP contribution is -2.30. The van der Waals surface area contributed by atoms with Gasteiger partial charge < -0.3 is 14.2 Å². The zero-order valence-corrected chi connectivity index (χ0v) is 53.2. The molecule has 0 aromatic heterocycles. The van der Waals surface area contributed by atoms with Gasteiger partial charge in [-0.05, 0) is 57.8 Å². The minimum Gasteiger partial charge on any atom is -0.462 e. The summed E-state index contributed by atoms with van der Waals surface area (Å²) in [7, 11) is 0. The Balaban J connectivity index is 4.07. The van der Waals surface area contributed by atoms with Gasteiger partial charge >= 0.3 is 17.9 Å². The van der Waals surface area contributed by atoms with Crippen LogP contribution < -0.4 is 0 Å². The van der Waals surface area contributed by atoms with Gasteiger partial charge in [0.15, 0.2) is 6.10 Å². The van der Waals surface area contributed by atoms with Crippen LogP contribution in [0, 0.1) is 0 Å². The Bertz CT molecular complexity index is 1360. The molecule has 0 spiro atoms. The highest BCUT2D eigenvalue weighted by Crippen LogP contribution is 2.19. The van der Waals surface area contributed by atoms with Crippen molar-refractivity contribution in [2.24, 2.45) is 0 Å². The van der Waals surface area contributed by atoms with Gasteiger partial charge in [0, 0.05) is 19.3 Å². The van der Waals surface area contributed by atoms with Gasteiger partial charge in [0.1, 0.15) is 13.2 Å². The molecular weight excluding hydrogens is 973 g/mol. The summed E-state index contributed by atoms with van der Waals surface area (Å²) in [6.07, 6.45) is 85.9. The fraction of sp³-hybridized carbons (Fsp3) is 0.849. The molecule has 0 N–H and O–H groups in total. The molecule has 0 bridgehead atoms. The lowest BCUT2D eigenvalue weighted by Gasteiger charge is -2.18. The maximum absolute atomic E-state index is 12.9. The van der Waals surface area contributed by atoms with Gasteiger partial charge in [-0.15, -0.1) is 0 Å². The van der Waals surface area contributed by atoms with Crippen molar-refractivity contribution in [1.29, 1.82) is 0 Å². The number of allylic oxidation sites excluding steroid dienone is 8. The maximum atomic E-state index is 12.9. The van der Waals surface area contributed by atoms with Crippen LogP contribution in [0.4, 0.5) is 0 Å². The molecule has 0 amide bonds. The van der Waals surface area contributed by atoms with Crippen molar-refractivity contribution in [2.75, 3.05) is 13.2 Å². The first-order valence-electron chi connectivity index (χ1n) is 35.1. The Morgan fingerprint density at radius 2 is 0.494 bits per heavy atom. The average Bonchev–Trinajstić information content (AvgIpc) is 3.45. The molecule has 6 heteroatoms. The largest absolute Gasteiger partial charge is 0.462 e. The zero-order valence-electron chi connectivity index (χ0n) is 53.2. The van der Waals surface area contributed by atoms with E-state index in [9.17, 15) is 14.4 Å². The molecule has 79 heavy (non-hydrogen) atoms. The first-order valence-corrected chi connectivity index (χ1v) is 35.1. The summed E-state index contributed by atoms with van der Waals surface area (Å²) in [4.78, 5) is 38.3. The molecule has 0 rings (SSSR count). The summed E-state index contributed by atoms with van der Waals surface area (Å²) in [5, 5.41) is 0. The van der Waals surface area contributed by atoms with Crippen LogP contribution in [0.25, 0.3) is 0 Å². The van der Waals surface area contributed by atoms with Crippen LogP contribution in [0.15, 0.2) is 48.6 Å². The summed E-state index contributed by atoms with van der Waals surface area (Å²) >= 11 is 0. The van der Waals surface area contributed by atoms with Crippen LogP contribution in [0.1, 0.15) is 380 Å². The van der Waals surface area contributed by atoms with E-state index < -0.39 is 6.10 Å². The van der Waals surface area contributed by atoms with E-state index in [0.29, 0.717) is 19.3 Å². The lowest BCUT2D eigenvalue weighted by molar-refractivity contribution is -0.167. The van der Waals surface area contributed by atoms with E-state index in [2.05, 4.69) is 69.4 Å². The van der Waals surface area contributed by atoms with Crippen molar-refractivity contribution in [2.45, 2.75) is 386 Å². The van der Waals surface area contributed by atoms with Crippen molar-refractivity contribution in [3.8, 4) is 0 Å². The second-order valence-electron chi connectivity index (χ2n) is 23.8. The highest BCUT2D eigenvalue weighted by atomic mass is 16.6. The van der Waals surface area contributed by atoms with E-state index in [1.807, 2.05) is 0 Å². The monoisotopic (exact) mass is 1110 g/mol. The first kappa shape index (κ1) is 76.4. The second kappa shape index (κ2) is 67.9. The summed E-state index contributed by atoms with van der Waals surface area (Å²) in [6, 6.07) is 0. The molecule has 0 aliphatic heterocycles. The molecule has 462 valence electrons. The molecule has 6 nitrogen and oxygen atoms in total. The molecule has 0 saturated heterocycles. The van der Waals surface area contributed by atoms with Crippen LogP contribution in [0.5, 0.6) is 0 Å². The average molecular weight is 1110 g/mol. The number of carbonyl (C=O) groups is 3. The van der Waals surface area contributed by atoms with Crippen molar-refractivity contribution in [1.82, 2.24) is 0 Å². The molecule has 0 fully saturated rings. The molecule has 0 aliphatic rings. The predicted molar refractivity (Wildman–Crippen MR) is 344 cm³/mol. The minimum absolute atomic E-state index is 0.0656. The third-order valence-electron chi connectivity index (χ3n) is 15.8. The molecule has 0 aromatic rings. The van der Waals surface area contributed by atoms with Crippen LogP contribution in [-0.2, 0) is 28.6 Å². The summed E-state index contributed by atoms with van der Waals surface area (Å²) in [5.41, 5.74) is 0. The van der Waals surface area contributed by atoms with Crippen LogP contribution >= 0.6 is 0 Å². The van der Waals surface area contributed by atoms with Crippen LogP contribution in [0.2, 0.25) is 0 Å². The lowest BCUT2D eigenvalue weighted by atomic mass is 10.0. The topological polar surface area (TPSA) is 78.9 Å². The standard InChI is InChI=1S/C73H134O6/c1-4-7-10-13-16-19-21-23-25-27-29-31-32-33-34-35-36-37-38-39-40-42-43-45-47-49-51-54-57-60-63-66-72(75)78-69-70(68-77-71(74)65-62-59-56-53-18-15-12-9-6-3)79-73(76)67-64-61-58-55-52-50-48-46-44-41-30-28-26-24-22-20-17-14-11-8-5-2/h7,10,16,19,23,25,29,31,70H,4-6,8-9,11-15,17-18,20-22,24,26-28,30,32-69H2,1-3H3/b10-7-,19-16-,25-23-,31-29-. The second-order valence-corrected chi connectivity index (χ2v) is 23.8. The molecule has 1 atom stereocenters. The fourth-order valence-corrected chi connectivity index (χ4v) is 10.6. The minimum atomic E-state index is -0.767. The molecular formula is C73H134O6. The van der Waals surface area contributed by atoms with Crippen molar-refractivity contribution < 1.29 is 28.6 Å². The van der Waals surface area contributed by atoms with Gasteiger partial charge in [0.25, 0.3) is 0 Å². The molecule has 0 heterocycles. The van der Waals surface area contributed by atoms with Gasteiger partial charge in [-0.25, -0.2) is 0 Å². The van der Waals surface area contributed by atoms with Crippen molar-refractivity contribution in [3.05, 3.63) is 48.6 Å². The number of carbonyl (C=O) groups excluding carboxylic acids is 3. The van der Waals surface area contributed by atoms with E-state index in [4.69, 9.17) is 14.2 Å². The molecule has 0 aliphatic carbocycles. The first-order chi connectivity index (χ1) is 39.0. The predicted octanol–water partition coefficient (Wildman–Crippen LogP) is 24.1.